The minimum absolute atomic E-state index is 0.0599. The molecule has 0 amide bonds. The van der Waals surface area contributed by atoms with E-state index in [2.05, 4.69) is 33.6 Å². The maximum atomic E-state index is 6.19. The van der Waals surface area contributed by atoms with Crippen molar-refractivity contribution in [2.45, 2.75) is 38.2 Å². The van der Waals surface area contributed by atoms with Gasteiger partial charge in [0.15, 0.2) is 5.96 Å². The smallest absolute Gasteiger partial charge is 0.193 e. The molecular weight excluding hydrogens is 326 g/mol. The third kappa shape index (κ3) is 3.60. The number of ether oxygens (including phenoxy) is 1. The van der Waals surface area contributed by atoms with Gasteiger partial charge in [-0.2, -0.15) is 5.10 Å². The van der Waals surface area contributed by atoms with E-state index in [9.17, 15) is 0 Å². The molecule has 1 aromatic carbocycles. The number of hydrogen-bond donors (Lipinski definition) is 2. The van der Waals surface area contributed by atoms with Gasteiger partial charge in [-0.25, -0.2) is 0 Å². The second-order valence-electron chi connectivity index (χ2n) is 7.29. The number of aliphatic imine (C=N–C) groups is 1. The van der Waals surface area contributed by atoms with Gasteiger partial charge in [0, 0.05) is 43.6 Å². The molecule has 1 aliphatic heterocycles. The highest BCUT2D eigenvalue weighted by Crippen LogP contribution is 2.34. The van der Waals surface area contributed by atoms with Gasteiger partial charge in [0.2, 0.25) is 0 Å². The molecule has 2 heterocycles. The zero-order valence-electron chi connectivity index (χ0n) is 15.3. The lowest BCUT2D eigenvalue weighted by atomic mass is 9.90. The average molecular weight is 353 g/mol. The van der Waals surface area contributed by atoms with Gasteiger partial charge in [-0.3, -0.25) is 9.67 Å². The highest BCUT2D eigenvalue weighted by molar-refractivity contribution is 5.93. The fourth-order valence-electron chi connectivity index (χ4n) is 4.07. The highest BCUT2D eigenvalue weighted by Gasteiger charge is 2.30. The largest absolute Gasteiger partial charge is 0.373 e. The van der Waals surface area contributed by atoms with Crippen LogP contribution in [0.2, 0.25) is 0 Å². The van der Waals surface area contributed by atoms with Crippen LogP contribution in [0.4, 0.5) is 5.69 Å². The predicted octanol–water partition coefficient (Wildman–Crippen LogP) is 2.80. The van der Waals surface area contributed by atoms with Crippen LogP contribution in [0.1, 0.15) is 42.1 Å². The molecule has 1 saturated heterocycles. The molecule has 2 atom stereocenters. The van der Waals surface area contributed by atoms with E-state index >= 15 is 0 Å². The summed E-state index contributed by atoms with van der Waals surface area (Å²) in [5.74, 6) is 0.824. The molecule has 6 heteroatoms. The van der Waals surface area contributed by atoms with Crippen molar-refractivity contribution in [1.29, 1.82) is 0 Å². The number of nitrogens with two attached hydrogens (primary N) is 1. The molecule has 3 N–H and O–H groups in total. The Hall–Kier alpha value is -2.34. The first kappa shape index (κ1) is 17.1. The molecular formula is C20H27N5O. The topological polar surface area (TPSA) is 77.5 Å². The number of anilines is 1. The Morgan fingerprint density at radius 3 is 3.12 bits per heavy atom. The molecule has 0 saturated carbocycles. The van der Waals surface area contributed by atoms with Crippen molar-refractivity contribution in [3.8, 4) is 0 Å². The van der Waals surface area contributed by atoms with Crippen molar-refractivity contribution in [1.82, 2.24) is 9.78 Å². The molecule has 26 heavy (non-hydrogen) atoms. The first-order chi connectivity index (χ1) is 12.7. The molecule has 2 aromatic rings. The van der Waals surface area contributed by atoms with Crippen LogP contribution in [0, 0.1) is 5.92 Å². The minimum atomic E-state index is 0.0599. The molecule has 1 fully saturated rings. The van der Waals surface area contributed by atoms with Crippen LogP contribution < -0.4 is 11.1 Å². The second-order valence-corrected chi connectivity index (χ2v) is 7.29. The quantitative estimate of drug-likeness (QED) is 0.654. The number of nitrogens with one attached hydrogen (secondary N) is 1. The van der Waals surface area contributed by atoms with E-state index in [4.69, 9.17) is 10.5 Å². The summed E-state index contributed by atoms with van der Waals surface area (Å²) in [6, 6.07) is 6.42. The summed E-state index contributed by atoms with van der Waals surface area (Å²) < 4.78 is 7.72. The molecule has 138 valence electrons. The van der Waals surface area contributed by atoms with Crippen LogP contribution in [0.5, 0.6) is 0 Å². The third-order valence-corrected chi connectivity index (χ3v) is 5.42. The van der Waals surface area contributed by atoms with Gasteiger partial charge in [-0.05, 0) is 49.3 Å². The van der Waals surface area contributed by atoms with Crippen LogP contribution in [0.15, 0.2) is 35.6 Å². The molecule has 0 radical (unpaired) electrons. The number of nitrogens with zero attached hydrogens (tertiary/aromatic N) is 3. The van der Waals surface area contributed by atoms with E-state index in [0.717, 1.165) is 37.1 Å². The molecule has 1 aromatic heterocycles. The van der Waals surface area contributed by atoms with Crippen molar-refractivity contribution in [2.75, 3.05) is 18.5 Å². The van der Waals surface area contributed by atoms with Gasteiger partial charge in [-0.1, -0.05) is 12.1 Å². The standard InChI is InChI=1S/C20H27N5O/c1-25-13-16(12-23-25)19-15(9-10-26-19)11-22-20(21)24-18-8-4-6-14-5-2-3-7-17(14)18/h4,6,8,12-13,15,19H,2-3,5,7,9-11H2,1H3,(H3,21,22,24)/t15-,19+/m0/s1. The number of hydrogen-bond acceptors (Lipinski definition) is 3. The minimum Gasteiger partial charge on any atom is -0.373 e. The summed E-state index contributed by atoms with van der Waals surface area (Å²) in [6.07, 6.45) is 9.75. The summed E-state index contributed by atoms with van der Waals surface area (Å²) in [5.41, 5.74) is 11.2. The Bertz CT molecular complexity index is 797. The van der Waals surface area contributed by atoms with E-state index in [0.29, 0.717) is 18.4 Å². The number of guanidine groups is 1. The van der Waals surface area contributed by atoms with Gasteiger partial charge in [-0.15, -0.1) is 0 Å². The zero-order valence-corrected chi connectivity index (χ0v) is 15.3. The maximum Gasteiger partial charge on any atom is 0.193 e. The number of rotatable bonds is 4. The first-order valence-corrected chi connectivity index (χ1v) is 9.48. The van der Waals surface area contributed by atoms with E-state index in [1.165, 1.54) is 24.0 Å². The first-order valence-electron chi connectivity index (χ1n) is 9.48. The molecule has 2 aliphatic rings. The summed E-state index contributed by atoms with van der Waals surface area (Å²) in [7, 11) is 1.92. The Labute approximate surface area is 154 Å². The van der Waals surface area contributed by atoms with E-state index in [1.54, 1.807) is 0 Å². The average Bonchev–Trinajstić information content (AvgIpc) is 3.29. The van der Waals surface area contributed by atoms with E-state index in [-0.39, 0.29) is 6.10 Å². The van der Waals surface area contributed by atoms with Crippen LogP contribution in [0.25, 0.3) is 0 Å². The normalized spacial score (nSPS) is 23.0. The Morgan fingerprint density at radius 2 is 2.27 bits per heavy atom. The monoisotopic (exact) mass is 353 g/mol. The summed E-state index contributed by atoms with van der Waals surface area (Å²) in [5, 5.41) is 7.57. The summed E-state index contributed by atoms with van der Waals surface area (Å²) >= 11 is 0. The van der Waals surface area contributed by atoms with Gasteiger partial charge in [0.05, 0.1) is 12.3 Å². The Kier molecular flexibility index (Phi) is 4.93. The van der Waals surface area contributed by atoms with Crippen molar-refractivity contribution >= 4 is 11.6 Å². The number of benzene rings is 1. The lowest BCUT2D eigenvalue weighted by molar-refractivity contribution is 0.0925. The number of fused-ring (bicyclic) bond motifs is 1. The predicted molar refractivity (Wildman–Crippen MR) is 103 cm³/mol. The van der Waals surface area contributed by atoms with Crippen molar-refractivity contribution < 1.29 is 4.74 Å². The highest BCUT2D eigenvalue weighted by atomic mass is 16.5. The molecule has 0 spiro atoms. The lowest BCUT2D eigenvalue weighted by Crippen LogP contribution is -2.25. The van der Waals surface area contributed by atoms with E-state index in [1.807, 2.05) is 24.1 Å². The van der Waals surface area contributed by atoms with Gasteiger partial charge in [0.25, 0.3) is 0 Å². The molecule has 0 unspecified atom stereocenters. The fourth-order valence-corrected chi connectivity index (χ4v) is 4.07. The lowest BCUT2D eigenvalue weighted by Gasteiger charge is -2.20. The SMILES string of the molecule is Cn1cc([C@@H]2OCC[C@H]2CN=C(N)Nc2cccc3c2CCCC3)cn1. The van der Waals surface area contributed by atoms with Gasteiger partial charge >= 0.3 is 0 Å². The van der Waals surface area contributed by atoms with E-state index < -0.39 is 0 Å². The Balaban J connectivity index is 1.42. The van der Waals surface area contributed by atoms with Crippen molar-refractivity contribution in [3.05, 3.63) is 47.3 Å². The van der Waals surface area contributed by atoms with Crippen LogP contribution in [-0.4, -0.2) is 28.9 Å². The summed E-state index contributed by atoms with van der Waals surface area (Å²) in [4.78, 5) is 4.61. The van der Waals surface area contributed by atoms with Crippen LogP contribution in [-0.2, 0) is 24.6 Å². The molecule has 1 aliphatic carbocycles. The van der Waals surface area contributed by atoms with Crippen LogP contribution >= 0.6 is 0 Å². The van der Waals surface area contributed by atoms with Crippen LogP contribution in [0.3, 0.4) is 0 Å². The van der Waals surface area contributed by atoms with Gasteiger partial charge < -0.3 is 15.8 Å². The molecule has 0 bridgehead atoms. The van der Waals surface area contributed by atoms with Crippen molar-refractivity contribution in [2.24, 2.45) is 23.7 Å². The third-order valence-electron chi connectivity index (χ3n) is 5.42. The summed E-state index contributed by atoms with van der Waals surface area (Å²) in [6.45, 7) is 1.42. The number of aryl methyl sites for hydroxylation is 2. The molecule has 6 nitrogen and oxygen atoms in total. The maximum absolute atomic E-state index is 6.19. The number of aromatic nitrogens is 2. The zero-order chi connectivity index (χ0) is 17.9. The van der Waals surface area contributed by atoms with Crippen molar-refractivity contribution in [3.63, 3.8) is 0 Å². The Morgan fingerprint density at radius 1 is 1.38 bits per heavy atom. The fraction of sp³-hybridized carbons (Fsp3) is 0.500. The second kappa shape index (κ2) is 7.50. The van der Waals surface area contributed by atoms with Gasteiger partial charge in [0.1, 0.15) is 0 Å². The molecule has 4 rings (SSSR count).